The first-order chi connectivity index (χ1) is 10.8. The summed E-state index contributed by atoms with van der Waals surface area (Å²) in [5.74, 6) is 1.10. The SMILES string of the molecule is COCCCC(=O)Nc1cccc(CSC2CCCCC2)c1. The third-order valence-electron chi connectivity index (χ3n) is 4.00. The van der Waals surface area contributed by atoms with Gasteiger partial charge in [0, 0.05) is 36.8 Å². The molecule has 1 fully saturated rings. The average Bonchev–Trinajstić information content (AvgIpc) is 2.54. The van der Waals surface area contributed by atoms with Crippen LogP contribution in [0.5, 0.6) is 0 Å². The number of carbonyl (C=O) groups excluding carboxylic acids is 1. The number of carbonyl (C=O) groups is 1. The molecule has 0 spiro atoms. The van der Waals surface area contributed by atoms with Crippen molar-refractivity contribution in [2.45, 2.75) is 55.9 Å². The molecule has 0 heterocycles. The van der Waals surface area contributed by atoms with Crippen molar-refractivity contribution in [3.63, 3.8) is 0 Å². The summed E-state index contributed by atoms with van der Waals surface area (Å²) >= 11 is 2.07. The Labute approximate surface area is 138 Å². The number of anilines is 1. The lowest BCUT2D eigenvalue weighted by molar-refractivity contribution is -0.116. The summed E-state index contributed by atoms with van der Waals surface area (Å²) in [7, 11) is 1.66. The van der Waals surface area contributed by atoms with E-state index in [1.165, 1.54) is 37.7 Å². The van der Waals surface area contributed by atoms with Crippen LogP contribution in [0.4, 0.5) is 5.69 Å². The largest absolute Gasteiger partial charge is 0.385 e. The summed E-state index contributed by atoms with van der Waals surface area (Å²) < 4.78 is 4.97. The molecule has 1 saturated carbocycles. The molecule has 122 valence electrons. The van der Waals surface area contributed by atoms with Crippen molar-refractivity contribution < 1.29 is 9.53 Å². The summed E-state index contributed by atoms with van der Waals surface area (Å²) in [6.45, 7) is 0.630. The van der Waals surface area contributed by atoms with E-state index in [1.54, 1.807) is 7.11 Å². The van der Waals surface area contributed by atoms with Gasteiger partial charge in [0.15, 0.2) is 0 Å². The molecule has 1 amide bonds. The Morgan fingerprint density at radius 2 is 2.14 bits per heavy atom. The number of hydrogen-bond acceptors (Lipinski definition) is 3. The van der Waals surface area contributed by atoms with Gasteiger partial charge in [0.2, 0.25) is 5.91 Å². The topological polar surface area (TPSA) is 38.3 Å². The Balaban J connectivity index is 1.77. The lowest BCUT2D eigenvalue weighted by Crippen LogP contribution is -2.12. The molecule has 1 aliphatic carbocycles. The van der Waals surface area contributed by atoms with Crippen molar-refractivity contribution in [1.29, 1.82) is 0 Å². The van der Waals surface area contributed by atoms with E-state index in [9.17, 15) is 4.79 Å². The van der Waals surface area contributed by atoms with Gasteiger partial charge in [-0.2, -0.15) is 11.8 Å². The zero-order valence-electron chi connectivity index (χ0n) is 13.5. The maximum Gasteiger partial charge on any atom is 0.224 e. The maximum atomic E-state index is 11.8. The first-order valence-corrected chi connectivity index (χ1v) is 9.32. The smallest absolute Gasteiger partial charge is 0.224 e. The standard InChI is InChI=1S/C18H27NO2S/c1-21-12-6-11-18(20)19-16-8-5-7-15(13-16)14-22-17-9-3-2-4-10-17/h5,7-8,13,17H,2-4,6,9-12,14H2,1H3,(H,19,20). The molecule has 22 heavy (non-hydrogen) atoms. The van der Waals surface area contributed by atoms with Gasteiger partial charge in [0.1, 0.15) is 0 Å². The lowest BCUT2D eigenvalue weighted by Gasteiger charge is -2.21. The first kappa shape index (κ1) is 17.4. The zero-order valence-corrected chi connectivity index (χ0v) is 14.3. The van der Waals surface area contributed by atoms with Crippen LogP contribution in [0.1, 0.15) is 50.5 Å². The molecule has 3 nitrogen and oxygen atoms in total. The number of benzene rings is 1. The maximum absolute atomic E-state index is 11.8. The van der Waals surface area contributed by atoms with Gasteiger partial charge in [-0.3, -0.25) is 4.79 Å². The van der Waals surface area contributed by atoms with Gasteiger partial charge in [0.25, 0.3) is 0 Å². The van der Waals surface area contributed by atoms with Crippen molar-refractivity contribution in [1.82, 2.24) is 0 Å². The highest BCUT2D eigenvalue weighted by atomic mass is 32.2. The molecule has 0 aromatic heterocycles. The minimum Gasteiger partial charge on any atom is -0.385 e. The Bertz CT molecular complexity index is 458. The fourth-order valence-corrected chi connectivity index (χ4v) is 4.06. The third kappa shape index (κ3) is 6.41. The second-order valence-electron chi connectivity index (χ2n) is 5.92. The van der Waals surface area contributed by atoms with E-state index in [4.69, 9.17) is 4.74 Å². The Morgan fingerprint density at radius 3 is 2.91 bits per heavy atom. The van der Waals surface area contributed by atoms with Gasteiger partial charge in [0.05, 0.1) is 0 Å². The number of ether oxygens (including phenoxy) is 1. The Hall–Kier alpha value is -1.00. The number of amides is 1. The van der Waals surface area contributed by atoms with E-state index in [-0.39, 0.29) is 5.91 Å². The monoisotopic (exact) mass is 321 g/mol. The Kier molecular flexibility index (Phi) is 7.81. The second kappa shape index (κ2) is 9.90. The van der Waals surface area contributed by atoms with Crippen molar-refractivity contribution in [2.24, 2.45) is 0 Å². The third-order valence-corrected chi connectivity index (χ3v) is 5.44. The molecule has 0 bridgehead atoms. The molecular weight excluding hydrogens is 294 g/mol. The summed E-state index contributed by atoms with van der Waals surface area (Å²) in [6, 6.07) is 8.24. The fourth-order valence-electron chi connectivity index (χ4n) is 2.79. The molecule has 4 heteroatoms. The van der Waals surface area contributed by atoms with Gasteiger partial charge < -0.3 is 10.1 Å². The van der Waals surface area contributed by atoms with Crippen LogP contribution >= 0.6 is 11.8 Å². The molecule has 0 aliphatic heterocycles. The van der Waals surface area contributed by atoms with Crippen molar-refractivity contribution in [3.05, 3.63) is 29.8 Å². The molecule has 0 atom stereocenters. The van der Waals surface area contributed by atoms with Crippen LogP contribution in [0.3, 0.4) is 0 Å². The van der Waals surface area contributed by atoms with E-state index in [1.807, 2.05) is 12.1 Å². The zero-order chi connectivity index (χ0) is 15.6. The second-order valence-corrected chi connectivity index (χ2v) is 7.20. The average molecular weight is 321 g/mol. The van der Waals surface area contributed by atoms with Crippen LogP contribution in [0.2, 0.25) is 0 Å². The molecule has 1 aromatic carbocycles. The van der Waals surface area contributed by atoms with Gasteiger partial charge in [-0.25, -0.2) is 0 Å². The quantitative estimate of drug-likeness (QED) is 0.710. The molecule has 0 saturated heterocycles. The van der Waals surface area contributed by atoms with E-state index >= 15 is 0 Å². The molecule has 1 aliphatic rings. The Morgan fingerprint density at radius 1 is 1.32 bits per heavy atom. The summed E-state index contributed by atoms with van der Waals surface area (Å²) in [4.78, 5) is 11.8. The minimum absolute atomic E-state index is 0.0640. The van der Waals surface area contributed by atoms with Crippen molar-refractivity contribution in [3.8, 4) is 0 Å². The lowest BCUT2D eigenvalue weighted by atomic mass is 10.0. The van der Waals surface area contributed by atoms with E-state index < -0.39 is 0 Å². The van der Waals surface area contributed by atoms with Crippen LogP contribution in [-0.2, 0) is 15.3 Å². The molecule has 1 aromatic rings. The molecule has 0 unspecified atom stereocenters. The minimum atomic E-state index is 0.0640. The number of rotatable bonds is 8. The molecule has 2 rings (SSSR count). The molecular formula is C18H27NO2S. The van der Waals surface area contributed by atoms with Gasteiger partial charge in [-0.1, -0.05) is 31.4 Å². The van der Waals surface area contributed by atoms with E-state index in [0.717, 1.165) is 23.1 Å². The number of thioether (sulfide) groups is 1. The fraction of sp³-hybridized carbons (Fsp3) is 0.611. The van der Waals surface area contributed by atoms with Crippen LogP contribution in [-0.4, -0.2) is 24.9 Å². The van der Waals surface area contributed by atoms with E-state index in [2.05, 4.69) is 29.2 Å². The van der Waals surface area contributed by atoms with Crippen LogP contribution in [0, 0.1) is 0 Å². The number of methoxy groups -OCH3 is 1. The predicted molar refractivity (Wildman–Crippen MR) is 94.3 cm³/mol. The summed E-state index contributed by atoms with van der Waals surface area (Å²) in [6.07, 6.45) is 8.17. The van der Waals surface area contributed by atoms with Crippen LogP contribution in [0.15, 0.2) is 24.3 Å². The highest BCUT2D eigenvalue weighted by Gasteiger charge is 2.13. The first-order valence-electron chi connectivity index (χ1n) is 8.27. The van der Waals surface area contributed by atoms with Crippen LogP contribution in [0.25, 0.3) is 0 Å². The highest BCUT2D eigenvalue weighted by Crippen LogP contribution is 2.30. The van der Waals surface area contributed by atoms with E-state index in [0.29, 0.717) is 13.0 Å². The molecule has 1 N–H and O–H groups in total. The number of nitrogens with one attached hydrogen (secondary N) is 1. The summed E-state index contributed by atoms with van der Waals surface area (Å²) in [5.41, 5.74) is 2.20. The highest BCUT2D eigenvalue weighted by molar-refractivity contribution is 7.99. The van der Waals surface area contributed by atoms with Gasteiger partial charge in [-0.05, 0) is 37.0 Å². The number of hydrogen-bond donors (Lipinski definition) is 1. The molecule has 0 radical (unpaired) electrons. The summed E-state index contributed by atoms with van der Waals surface area (Å²) in [5, 5.41) is 3.80. The van der Waals surface area contributed by atoms with Crippen molar-refractivity contribution >= 4 is 23.4 Å². The van der Waals surface area contributed by atoms with Crippen LogP contribution < -0.4 is 5.32 Å². The predicted octanol–water partition coefficient (Wildman–Crippen LogP) is 4.62. The normalized spacial score (nSPS) is 15.7. The van der Waals surface area contributed by atoms with Gasteiger partial charge >= 0.3 is 0 Å². The van der Waals surface area contributed by atoms with Crippen molar-refractivity contribution in [2.75, 3.05) is 19.0 Å². The van der Waals surface area contributed by atoms with Gasteiger partial charge in [-0.15, -0.1) is 0 Å².